The second-order valence-corrected chi connectivity index (χ2v) is 8.13. The van der Waals surface area contributed by atoms with Gasteiger partial charge in [0, 0.05) is 19.6 Å². The fourth-order valence-electron chi connectivity index (χ4n) is 5.46. The highest BCUT2D eigenvalue weighted by Crippen LogP contribution is 2.59. The van der Waals surface area contributed by atoms with Gasteiger partial charge in [0.25, 0.3) is 0 Å². The summed E-state index contributed by atoms with van der Waals surface area (Å²) in [6.45, 7) is 10.5. The van der Waals surface area contributed by atoms with Gasteiger partial charge >= 0.3 is 0 Å². The predicted molar refractivity (Wildman–Crippen MR) is 91.6 cm³/mol. The van der Waals surface area contributed by atoms with Crippen LogP contribution in [0.2, 0.25) is 0 Å². The van der Waals surface area contributed by atoms with Gasteiger partial charge in [0.1, 0.15) is 0 Å². The highest BCUT2D eigenvalue weighted by molar-refractivity contribution is 9.11. The molecular formula is C18H30BrNO. The van der Waals surface area contributed by atoms with Gasteiger partial charge in [0.05, 0.1) is 13.2 Å². The monoisotopic (exact) mass is 355 g/mol. The fraction of sp³-hybridized carbons (Fsp3) is 0.889. The fourth-order valence-corrected chi connectivity index (χ4v) is 6.01. The van der Waals surface area contributed by atoms with E-state index >= 15 is 0 Å². The van der Waals surface area contributed by atoms with Crippen molar-refractivity contribution >= 4 is 15.9 Å². The van der Waals surface area contributed by atoms with Crippen molar-refractivity contribution in [2.75, 3.05) is 32.8 Å². The minimum atomic E-state index is 0.545. The Labute approximate surface area is 138 Å². The average molecular weight is 356 g/mol. The lowest BCUT2D eigenvalue weighted by atomic mass is 9.61. The van der Waals surface area contributed by atoms with Crippen molar-refractivity contribution in [1.82, 2.24) is 4.90 Å². The van der Waals surface area contributed by atoms with Crippen LogP contribution in [-0.2, 0) is 4.74 Å². The van der Waals surface area contributed by atoms with E-state index in [4.69, 9.17) is 4.74 Å². The van der Waals surface area contributed by atoms with Gasteiger partial charge in [-0.2, -0.15) is 0 Å². The van der Waals surface area contributed by atoms with Gasteiger partial charge in [-0.25, -0.2) is 0 Å². The molecule has 1 saturated heterocycles. The third-order valence-electron chi connectivity index (χ3n) is 6.51. The highest BCUT2D eigenvalue weighted by atomic mass is 79.9. The SMILES string of the molecule is CC(CN1CCOCC1)[C@H]1CC[C@@H]2/C(=C/Br)CCC[C@@]21C. The smallest absolute Gasteiger partial charge is 0.0594 e. The largest absolute Gasteiger partial charge is 0.379 e. The topological polar surface area (TPSA) is 12.5 Å². The molecule has 3 aliphatic rings. The normalized spacial score (nSPS) is 41.2. The van der Waals surface area contributed by atoms with Gasteiger partial charge in [-0.3, -0.25) is 4.90 Å². The Balaban J connectivity index is 1.67. The number of hydrogen-bond donors (Lipinski definition) is 0. The summed E-state index contributed by atoms with van der Waals surface area (Å²) in [7, 11) is 0. The van der Waals surface area contributed by atoms with Crippen molar-refractivity contribution in [3.05, 3.63) is 10.6 Å². The number of allylic oxidation sites excluding steroid dienone is 1. The summed E-state index contributed by atoms with van der Waals surface area (Å²) in [6, 6.07) is 0. The van der Waals surface area contributed by atoms with Crippen LogP contribution < -0.4 is 0 Å². The summed E-state index contributed by atoms with van der Waals surface area (Å²) in [5.74, 6) is 2.55. The third-order valence-corrected chi connectivity index (χ3v) is 7.10. The molecule has 0 spiro atoms. The van der Waals surface area contributed by atoms with E-state index in [0.717, 1.165) is 44.1 Å². The van der Waals surface area contributed by atoms with E-state index in [1.165, 1.54) is 38.6 Å². The van der Waals surface area contributed by atoms with E-state index in [1.54, 1.807) is 5.57 Å². The summed E-state index contributed by atoms with van der Waals surface area (Å²) in [4.78, 5) is 4.86. The molecule has 3 rings (SSSR count). The molecule has 2 aliphatic carbocycles. The minimum Gasteiger partial charge on any atom is -0.379 e. The molecule has 0 aromatic heterocycles. The van der Waals surface area contributed by atoms with Crippen LogP contribution in [0.3, 0.4) is 0 Å². The van der Waals surface area contributed by atoms with Crippen LogP contribution in [0.1, 0.15) is 46.0 Å². The Hall–Kier alpha value is 0.140. The molecule has 3 heteroatoms. The Morgan fingerprint density at radius 2 is 2.14 bits per heavy atom. The van der Waals surface area contributed by atoms with Crippen molar-refractivity contribution < 1.29 is 4.74 Å². The lowest BCUT2D eigenvalue weighted by Gasteiger charge is -2.45. The zero-order valence-electron chi connectivity index (χ0n) is 13.6. The first-order chi connectivity index (χ1) is 10.1. The molecule has 120 valence electrons. The number of fused-ring (bicyclic) bond motifs is 1. The first-order valence-electron chi connectivity index (χ1n) is 8.74. The molecule has 1 aliphatic heterocycles. The quantitative estimate of drug-likeness (QED) is 0.741. The van der Waals surface area contributed by atoms with Gasteiger partial charge in [0.15, 0.2) is 0 Å². The number of halogens is 1. The Morgan fingerprint density at radius 3 is 2.86 bits per heavy atom. The maximum absolute atomic E-state index is 5.49. The number of rotatable bonds is 3. The van der Waals surface area contributed by atoms with Crippen molar-refractivity contribution in [2.45, 2.75) is 46.0 Å². The first kappa shape index (κ1) is 16.0. The highest BCUT2D eigenvalue weighted by Gasteiger charge is 2.50. The molecule has 0 amide bonds. The van der Waals surface area contributed by atoms with Gasteiger partial charge in [-0.1, -0.05) is 35.4 Å². The van der Waals surface area contributed by atoms with Crippen LogP contribution in [0.5, 0.6) is 0 Å². The third kappa shape index (κ3) is 3.11. The van der Waals surface area contributed by atoms with Gasteiger partial charge < -0.3 is 4.74 Å². The summed E-state index contributed by atoms with van der Waals surface area (Å²) < 4.78 is 5.49. The predicted octanol–water partition coefficient (Wildman–Crippen LogP) is 4.45. The molecule has 0 radical (unpaired) electrons. The Bertz CT molecular complexity index is 391. The van der Waals surface area contributed by atoms with E-state index in [0.29, 0.717) is 5.41 Å². The number of ether oxygens (including phenoxy) is 1. The lowest BCUT2D eigenvalue weighted by Crippen LogP contribution is -2.43. The summed E-state index contributed by atoms with van der Waals surface area (Å²) in [5, 5.41) is 0. The molecule has 3 fully saturated rings. The van der Waals surface area contributed by atoms with Crippen molar-refractivity contribution in [3.63, 3.8) is 0 Å². The molecule has 0 aromatic rings. The van der Waals surface area contributed by atoms with E-state index in [1.807, 2.05) is 0 Å². The minimum absolute atomic E-state index is 0.545. The van der Waals surface area contributed by atoms with E-state index in [2.05, 4.69) is 39.7 Å². The van der Waals surface area contributed by atoms with Crippen LogP contribution in [0, 0.1) is 23.2 Å². The molecule has 21 heavy (non-hydrogen) atoms. The second kappa shape index (κ2) is 6.72. The van der Waals surface area contributed by atoms with E-state index < -0.39 is 0 Å². The van der Waals surface area contributed by atoms with Gasteiger partial charge in [0.2, 0.25) is 0 Å². The second-order valence-electron chi connectivity index (χ2n) is 7.67. The number of nitrogens with zero attached hydrogens (tertiary/aromatic N) is 1. The summed E-state index contributed by atoms with van der Waals surface area (Å²) in [6.07, 6.45) is 6.96. The zero-order chi connectivity index (χ0) is 14.9. The van der Waals surface area contributed by atoms with Gasteiger partial charge in [-0.05, 0) is 60.3 Å². The number of morpholine rings is 1. The number of hydrogen-bond acceptors (Lipinski definition) is 2. The molecule has 2 nitrogen and oxygen atoms in total. The standard InChI is InChI=1S/C18H30BrNO/c1-14(13-20-8-10-21-11-9-20)16-5-6-17-15(12-19)4-3-7-18(16,17)2/h12,14,16-17H,3-11,13H2,1-2H3/b15-12+/t14?,16-,17-,18-/m1/s1. The Kier molecular flexibility index (Phi) is 5.12. The zero-order valence-corrected chi connectivity index (χ0v) is 15.2. The molecule has 0 N–H and O–H groups in total. The van der Waals surface area contributed by atoms with Gasteiger partial charge in [-0.15, -0.1) is 0 Å². The van der Waals surface area contributed by atoms with E-state index in [9.17, 15) is 0 Å². The first-order valence-corrected chi connectivity index (χ1v) is 9.66. The summed E-state index contributed by atoms with van der Waals surface area (Å²) in [5.41, 5.74) is 2.23. The molecule has 2 saturated carbocycles. The van der Waals surface area contributed by atoms with Crippen molar-refractivity contribution in [2.24, 2.45) is 23.2 Å². The molecular weight excluding hydrogens is 326 g/mol. The molecule has 0 aromatic carbocycles. The Morgan fingerprint density at radius 1 is 1.38 bits per heavy atom. The maximum Gasteiger partial charge on any atom is 0.0594 e. The maximum atomic E-state index is 5.49. The molecule has 0 bridgehead atoms. The molecule has 1 unspecified atom stereocenters. The van der Waals surface area contributed by atoms with Crippen LogP contribution in [0.15, 0.2) is 10.6 Å². The molecule has 1 heterocycles. The van der Waals surface area contributed by atoms with Crippen LogP contribution >= 0.6 is 15.9 Å². The van der Waals surface area contributed by atoms with Crippen LogP contribution in [-0.4, -0.2) is 37.7 Å². The summed E-state index contributed by atoms with van der Waals surface area (Å²) >= 11 is 3.62. The van der Waals surface area contributed by atoms with E-state index in [-0.39, 0.29) is 0 Å². The van der Waals surface area contributed by atoms with Crippen molar-refractivity contribution in [1.29, 1.82) is 0 Å². The average Bonchev–Trinajstić information content (AvgIpc) is 2.85. The van der Waals surface area contributed by atoms with Crippen molar-refractivity contribution in [3.8, 4) is 0 Å². The lowest BCUT2D eigenvalue weighted by molar-refractivity contribution is 0.0155. The van der Waals surface area contributed by atoms with Crippen LogP contribution in [0.25, 0.3) is 0 Å². The van der Waals surface area contributed by atoms with Crippen LogP contribution in [0.4, 0.5) is 0 Å². The molecule has 4 atom stereocenters.